The Kier molecular flexibility index (Phi) is 6.68. The lowest BCUT2D eigenvalue weighted by Gasteiger charge is -2.22. The third-order valence-corrected chi connectivity index (χ3v) is 3.25. The van der Waals surface area contributed by atoms with E-state index in [0.717, 1.165) is 17.6 Å². The fraction of sp³-hybridized carbons (Fsp3) is 0.571. The van der Waals surface area contributed by atoms with E-state index in [4.69, 9.17) is 5.11 Å². The maximum absolute atomic E-state index is 9.03. The van der Waals surface area contributed by atoms with Crippen molar-refractivity contribution >= 4 is 21.6 Å². The molecule has 0 saturated carbocycles. The lowest BCUT2D eigenvalue weighted by Crippen LogP contribution is -2.25. The molecule has 0 fully saturated rings. The standard InChI is InChI=1S/C14H23BrN2O/c1-11(2)9-16-10-12-8-13(15)4-5-14(12)17(3)6-7-18/h4-5,8,11,16,18H,6-7,9-10H2,1-3H3. The Morgan fingerprint density at radius 1 is 1.39 bits per heavy atom. The third kappa shape index (κ3) is 4.96. The summed E-state index contributed by atoms with van der Waals surface area (Å²) in [6, 6.07) is 6.26. The first-order valence-corrected chi connectivity index (χ1v) is 7.15. The molecule has 0 aliphatic rings. The molecular formula is C14H23BrN2O. The average Bonchev–Trinajstić information content (AvgIpc) is 2.29. The minimum absolute atomic E-state index is 0.172. The molecule has 0 aliphatic heterocycles. The van der Waals surface area contributed by atoms with Crippen LogP contribution >= 0.6 is 15.9 Å². The summed E-state index contributed by atoms with van der Waals surface area (Å²) in [6.07, 6.45) is 0. The van der Waals surface area contributed by atoms with E-state index in [-0.39, 0.29) is 6.61 Å². The largest absolute Gasteiger partial charge is 0.395 e. The van der Waals surface area contributed by atoms with Gasteiger partial charge in [-0.25, -0.2) is 0 Å². The molecule has 4 heteroatoms. The van der Waals surface area contributed by atoms with E-state index in [0.29, 0.717) is 12.5 Å². The van der Waals surface area contributed by atoms with Gasteiger partial charge < -0.3 is 15.3 Å². The highest BCUT2D eigenvalue weighted by atomic mass is 79.9. The van der Waals surface area contributed by atoms with E-state index in [1.165, 1.54) is 11.3 Å². The molecule has 0 aliphatic carbocycles. The van der Waals surface area contributed by atoms with Gasteiger partial charge in [0.25, 0.3) is 0 Å². The molecule has 0 aromatic heterocycles. The van der Waals surface area contributed by atoms with Crippen LogP contribution in [0.4, 0.5) is 5.69 Å². The van der Waals surface area contributed by atoms with Crippen molar-refractivity contribution < 1.29 is 5.11 Å². The van der Waals surface area contributed by atoms with Crippen molar-refractivity contribution in [1.29, 1.82) is 0 Å². The number of aliphatic hydroxyl groups excluding tert-OH is 1. The highest BCUT2D eigenvalue weighted by Gasteiger charge is 2.07. The molecule has 1 aromatic rings. The van der Waals surface area contributed by atoms with Gasteiger partial charge in [-0.05, 0) is 36.2 Å². The van der Waals surface area contributed by atoms with E-state index in [9.17, 15) is 0 Å². The highest BCUT2D eigenvalue weighted by Crippen LogP contribution is 2.23. The summed E-state index contributed by atoms with van der Waals surface area (Å²) < 4.78 is 1.09. The number of halogens is 1. The quantitative estimate of drug-likeness (QED) is 0.812. The van der Waals surface area contributed by atoms with Crippen molar-refractivity contribution in [3.63, 3.8) is 0 Å². The molecule has 0 saturated heterocycles. The number of anilines is 1. The van der Waals surface area contributed by atoms with Crippen LogP contribution in [0.1, 0.15) is 19.4 Å². The number of hydrogen-bond donors (Lipinski definition) is 2. The van der Waals surface area contributed by atoms with Crippen LogP contribution in [0.15, 0.2) is 22.7 Å². The van der Waals surface area contributed by atoms with E-state index in [1.54, 1.807) is 0 Å². The minimum Gasteiger partial charge on any atom is -0.395 e. The monoisotopic (exact) mass is 314 g/mol. The Morgan fingerprint density at radius 2 is 2.11 bits per heavy atom. The number of hydrogen-bond acceptors (Lipinski definition) is 3. The summed E-state index contributed by atoms with van der Waals surface area (Å²) in [5, 5.41) is 12.5. The van der Waals surface area contributed by atoms with Gasteiger partial charge in [-0.3, -0.25) is 0 Å². The second kappa shape index (κ2) is 7.77. The molecule has 0 unspecified atom stereocenters. The fourth-order valence-electron chi connectivity index (χ4n) is 1.83. The molecule has 0 heterocycles. The summed E-state index contributed by atoms with van der Waals surface area (Å²) >= 11 is 3.51. The smallest absolute Gasteiger partial charge is 0.0606 e. The molecule has 1 aromatic carbocycles. The number of aliphatic hydroxyl groups is 1. The van der Waals surface area contributed by atoms with Crippen molar-refractivity contribution in [2.75, 3.05) is 31.6 Å². The highest BCUT2D eigenvalue weighted by molar-refractivity contribution is 9.10. The van der Waals surface area contributed by atoms with Crippen molar-refractivity contribution in [3.8, 4) is 0 Å². The topological polar surface area (TPSA) is 35.5 Å². The number of benzene rings is 1. The van der Waals surface area contributed by atoms with Gasteiger partial charge in [-0.2, -0.15) is 0 Å². The lowest BCUT2D eigenvalue weighted by atomic mass is 10.1. The predicted octanol–water partition coefficient (Wildman–Crippen LogP) is 2.62. The SMILES string of the molecule is CC(C)CNCc1cc(Br)ccc1N(C)CCO. The number of nitrogens with zero attached hydrogens (tertiary/aromatic N) is 1. The average molecular weight is 315 g/mol. The summed E-state index contributed by atoms with van der Waals surface area (Å²) in [4.78, 5) is 2.08. The van der Waals surface area contributed by atoms with Gasteiger partial charge in [-0.1, -0.05) is 29.8 Å². The zero-order chi connectivity index (χ0) is 13.5. The first-order chi connectivity index (χ1) is 8.54. The Morgan fingerprint density at radius 3 is 2.72 bits per heavy atom. The summed E-state index contributed by atoms with van der Waals surface area (Å²) in [6.45, 7) is 7.09. The first kappa shape index (κ1) is 15.5. The summed E-state index contributed by atoms with van der Waals surface area (Å²) in [7, 11) is 2.01. The van der Waals surface area contributed by atoms with Crippen molar-refractivity contribution in [3.05, 3.63) is 28.2 Å². The van der Waals surface area contributed by atoms with Crippen LogP contribution in [0.5, 0.6) is 0 Å². The van der Waals surface area contributed by atoms with Crippen LogP contribution in [0.2, 0.25) is 0 Å². The Hall–Kier alpha value is -0.580. The molecule has 0 atom stereocenters. The summed E-state index contributed by atoms with van der Waals surface area (Å²) in [5.41, 5.74) is 2.42. The van der Waals surface area contributed by atoms with Crippen molar-refractivity contribution in [2.45, 2.75) is 20.4 Å². The van der Waals surface area contributed by atoms with Crippen LogP contribution < -0.4 is 10.2 Å². The molecule has 0 radical (unpaired) electrons. The van der Waals surface area contributed by atoms with Crippen LogP contribution in [0.25, 0.3) is 0 Å². The van der Waals surface area contributed by atoms with Gasteiger partial charge in [0.2, 0.25) is 0 Å². The van der Waals surface area contributed by atoms with Crippen molar-refractivity contribution in [1.82, 2.24) is 5.32 Å². The Bertz CT molecular complexity index is 369. The number of likely N-dealkylation sites (N-methyl/N-ethyl adjacent to an activating group) is 1. The van der Waals surface area contributed by atoms with Gasteiger partial charge in [0.05, 0.1) is 6.61 Å². The molecule has 3 nitrogen and oxygen atoms in total. The molecular weight excluding hydrogens is 292 g/mol. The predicted molar refractivity (Wildman–Crippen MR) is 81.0 cm³/mol. The van der Waals surface area contributed by atoms with Gasteiger partial charge in [-0.15, -0.1) is 0 Å². The van der Waals surface area contributed by atoms with E-state index < -0.39 is 0 Å². The molecule has 0 amide bonds. The molecule has 0 bridgehead atoms. The van der Waals surface area contributed by atoms with Gasteiger partial charge in [0, 0.05) is 30.3 Å². The third-order valence-electron chi connectivity index (χ3n) is 2.76. The van der Waals surface area contributed by atoms with Gasteiger partial charge in [0.15, 0.2) is 0 Å². The van der Waals surface area contributed by atoms with Gasteiger partial charge >= 0.3 is 0 Å². The van der Waals surface area contributed by atoms with Crippen LogP contribution in [-0.4, -0.2) is 31.9 Å². The van der Waals surface area contributed by atoms with Crippen LogP contribution in [0, 0.1) is 5.92 Å². The van der Waals surface area contributed by atoms with Crippen LogP contribution in [-0.2, 0) is 6.54 Å². The lowest BCUT2D eigenvalue weighted by molar-refractivity contribution is 0.304. The first-order valence-electron chi connectivity index (χ1n) is 6.35. The maximum Gasteiger partial charge on any atom is 0.0606 e. The number of rotatable bonds is 7. The van der Waals surface area contributed by atoms with Crippen molar-refractivity contribution in [2.24, 2.45) is 5.92 Å². The summed E-state index contributed by atoms with van der Waals surface area (Å²) in [5.74, 6) is 0.649. The number of nitrogens with one attached hydrogen (secondary N) is 1. The van der Waals surface area contributed by atoms with Gasteiger partial charge in [0.1, 0.15) is 0 Å². The second-order valence-electron chi connectivity index (χ2n) is 4.94. The van der Waals surface area contributed by atoms with E-state index >= 15 is 0 Å². The molecule has 18 heavy (non-hydrogen) atoms. The minimum atomic E-state index is 0.172. The zero-order valence-electron chi connectivity index (χ0n) is 11.4. The zero-order valence-corrected chi connectivity index (χ0v) is 13.0. The van der Waals surface area contributed by atoms with Crippen LogP contribution in [0.3, 0.4) is 0 Å². The molecule has 2 N–H and O–H groups in total. The second-order valence-corrected chi connectivity index (χ2v) is 5.86. The Labute approximate surface area is 118 Å². The molecule has 0 spiro atoms. The van der Waals surface area contributed by atoms with E-state index in [1.807, 2.05) is 13.1 Å². The maximum atomic E-state index is 9.03. The molecule has 1 rings (SSSR count). The Balaban J connectivity index is 2.76. The fourth-order valence-corrected chi connectivity index (χ4v) is 2.24. The normalized spacial score (nSPS) is 11.0. The van der Waals surface area contributed by atoms with E-state index in [2.05, 4.69) is 52.1 Å². The molecule has 102 valence electrons.